The molecule has 22 heavy (non-hydrogen) atoms. The van der Waals surface area contributed by atoms with Crippen LogP contribution in [0.5, 0.6) is 0 Å². The summed E-state index contributed by atoms with van der Waals surface area (Å²) in [6, 6.07) is 4.69. The largest absolute Gasteiger partial charge is 0.335 e. The summed E-state index contributed by atoms with van der Waals surface area (Å²) in [4.78, 5) is 14.6. The van der Waals surface area contributed by atoms with Gasteiger partial charge < -0.3 is 10.2 Å². The Morgan fingerprint density at radius 3 is 2.45 bits per heavy atom. The Kier molecular flexibility index (Phi) is 5.14. The van der Waals surface area contributed by atoms with Crippen molar-refractivity contribution in [3.05, 3.63) is 28.8 Å². The number of carbonyl (C=O) groups is 1. The van der Waals surface area contributed by atoms with E-state index in [-0.39, 0.29) is 39.2 Å². The van der Waals surface area contributed by atoms with Gasteiger partial charge in [-0.3, -0.25) is 4.79 Å². The highest BCUT2D eigenvalue weighted by Crippen LogP contribution is 2.23. The second-order valence-electron chi connectivity index (χ2n) is 5.72. The van der Waals surface area contributed by atoms with Gasteiger partial charge in [0, 0.05) is 25.2 Å². The summed E-state index contributed by atoms with van der Waals surface area (Å²) in [6.45, 7) is 6.74. The van der Waals surface area contributed by atoms with Crippen LogP contribution in [-0.4, -0.2) is 50.2 Å². The van der Waals surface area contributed by atoms with Gasteiger partial charge >= 0.3 is 0 Å². The van der Waals surface area contributed by atoms with Crippen molar-refractivity contribution in [2.24, 2.45) is 0 Å². The Bertz CT molecular complexity index is 665. The normalized spacial score (nSPS) is 22.6. The minimum atomic E-state index is -3.36. The van der Waals surface area contributed by atoms with Crippen molar-refractivity contribution in [2.75, 3.05) is 18.8 Å². The third kappa shape index (κ3) is 3.62. The van der Waals surface area contributed by atoms with Gasteiger partial charge in [-0.25, -0.2) is 8.42 Å². The molecular formula is C15H21ClN2O3S. The van der Waals surface area contributed by atoms with Crippen molar-refractivity contribution in [1.82, 2.24) is 10.2 Å². The number of piperazine rings is 1. The quantitative estimate of drug-likeness (QED) is 0.910. The van der Waals surface area contributed by atoms with E-state index in [1.807, 2.05) is 13.8 Å². The number of rotatable bonds is 3. The van der Waals surface area contributed by atoms with Gasteiger partial charge in [-0.15, -0.1) is 0 Å². The fourth-order valence-electron chi connectivity index (χ4n) is 2.69. The van der Waals surface area contributed by atoms with Gasteiger partial charge in [0.15, 0.2) is 9.84 Å². The Morgan fingerprint density at radius 1 is 1.32 bits per heavy atom. The molecule has 0 saturated carbocycles. The van der Waals surface area contributed by atoms with E-state index in [0.29, 0.717) is 13.1 Å². The first kappa shape index (κ1) is 17.2. The van der Waals surface area contributed by atoms with Crippen LogP contribution >= 0.6 is 11.6 Å². The number of hydrogen-bond donors (Lipinski definition) is 1. The van der Waals surface area contributed by atoms with E-state index in [0.717, 1.165) is 0 Å². The summed E-state index contributed by atoms with van der Waals surface area (Å²) >= 11 is 6.12. The van der Waals surface area contributed by atoms with Gasteiger partial charge in [-0.1, -0.05) is 18.5 Å². The Hall–Kier alpha value is -1.11. The molecule has 2 rings (SSSR count). The SMILES string of the molecule is CCS(=O)(=O)c1ccc(Cl)c(C(=O)N2CC(C)NC(C)C2)c1. The number of halogens is 1. The molecule has 1 amide bonds. The first-order chi connectivity index (χ1) is 10.2. The van der Waals surface area contributed by atoms with E-state index >= 15 is 0 Å². The standard InChI is InChI=1S/C15H21ClN2O3S/c1-4-22(20,21)12-5-6-14(16)13(7-12)15(19)18-8-10(2)17-11(3)9-18/h5-7,10-11,17H,4,8-9H2,1-3H3. The number of nitrogens with zero attached hydrogens (tertiary/aromatic N) is 1. The van der Waals surface area contributed by atoms with Gasteiger partial charge in [0.05, 0.1) is 21.2 Å². The molecule has 0 spiro atoms. The first-order valence-corrected chi connectivity index (χ1v) is 9.35. The highest BCUT2D eigenvalue weighted by atomic mass is 35.5. The molecule has 1 aromatic rings. The van der Waals surface area contributed by atoms with Gasteiger partial charge in [0.25, 0.3) is 5.91 Å². The van der Waals surface area contributed by atoms with Crippen LogP contribution in [0.2, 0.25) is 5.02 Å². The molecule has 0 aromatic heterocycles. The van der Waals surface area contributed by atoms with Crippen LogP contribution in [0, 0.1) is 0 Å². The first-order valence-electron chi connectivity index (χ1n) is 7.32. The summed E-state index contributed by atoms with van der Waals surface area (Å²) in [5, 5.41) is 3.63. The minimum absolute atomic E-state index is 0.00996. The topological polar surface area (TPSA) is 66.5 Å². The molecule has 0 bridgehead atoms. The molecule has 2 unspecified atom stereocenters. The van der Waals surface area contributed by atoms with Crippen LogP contribution in [0.4, 0.5) is 0 Å². The molecule has 0 radical (unpaired) electrons. The molecule has 1 N–H and O–H groups in total. The second kappa shape index (κ2) is 6.56. The van der Waals surface area contributed by atoms with Crippen molar-refractivity contribution >= 4 is 27.3 Å². The van der Waals surface area contributed by atoms with E-state index < -0.39 is 9.84 Å². The highest BCUT2D eigenvalue weighted by Gasteiger charge is 2.27. The third-order valence-corrected chi connectivity index (χ3v) is 5.81. The molecule has 1 aromatic carbocycles. The summed E-state index contributed by atoms with van der Waals surface area (Å²) in [5.74, 6) is -0.234. The van der Waals surface area contributed by atoms with Crippen molar-refractivity contribution in [1.29, 1.82) is 0 Å². The zero-order chi connectivity index (χ0) is 16.5. The van der Waals surface area contributed by atoms with Crippen LogP contribution < -0.4 is 5.32 Å². The van der Waals surface area contributed by atoms with Crippen molar-refractivity contribution in [3.63, 3.8) is 0 Å². The molecule has 5 nitrogen and oxygen atoms in total. The molecule has 122 valence electrons. The van der Waals surface area contributed by atoms with Gasteiger partial charge in [-0.2, -0.15) is 0 Å². The molecule has 1 aliphatic rings. The monoisotopic (exact) mass is 344 g/mol. The number of carbonyl (C=O) groups excluding carboxylic acids is 1. The number of hydrogen-bond acceptors (Lipinski definition) is 4. The molecule has 1 fully saturated rings. The fraction of sp³-hybridized carbons (Fsp3) is 0.533. The fourth-order valence-corrected chi connectivity index (χ4v) is 3.80. The molecular weight excluding hydrogens is 324 g/mol. The Morgan fingerprint density at radius 2 is 1.91 bits per heavy atom. The van der Waals surface area contributed by atoms with E-state index in [2.05, 4.69) is 5.32 Å². The lowest BCUT2D eigenvalue weighted by molar-refractivity contribution is 0.0673. The van der Waals surface area contributed by atoms with Gasteiger partial charge in [-0.05, 0) is 32.0 Å². The van der Waals surface area contributed by atoms with Crippen LogP contribution in [-0.2, 0) is 9.84 Å². The van der Waals surface area contributed by atoms with E-state index in [9.17, 15) is 13.2 Å². The van der Waals surface area contributed by atoms with E-state index in [1.165, 1.54) is 18.2 Å². The van der Waals surface area contributed by atoms with Gasteiger partial charge in [0.1, 0.15) is 0 Å². The number of amides is 1. The zero-order valence-electron chi connectivity index (χ0n) is 13.0. The molecule has 7 heteroatoms. The number of nitrogens with one attached hydrogen (secondary N) is 1. The van der Waals surface area contributed by atoms with Crippen LogP contribution in [0.15, 0.2) is 23.1 Å². The highest BCUT2D eigenvalue weighted by molar-refractivity contribution is 7.91. The van der Waals surface area contributed by atoms with Crippen LogP contribution in [0.1, 0.15) is 31.1 Å². The molecule has 1 saturated heterocycles. The van der Waals surface area contributed by atoms with E-state index in [1.54, 1.807) is 11.8 Å². The smallest absolute Gasteiger partial charge is 0.255 e. The van der Waals surface area contributed by atoms with Crippen LogP contribution in [0.3, 0.4) is 0 Å². The summed E-state index contributed by atoms with van der Waals surface area (Å²) in [6.07, 6.45) is 0. The molecule has 0 aliphatic carbocycles. The second-order valence-corrected chi connectivity index (χ2v) is 8.41. The lowest BCUT2D eigenvalue weighted by Crippen LogP contribution is -2.55. The maximum Gasteiger partial charge on any atom is 0.255 e. The third-order valence-electron chi connectivity index (χ3n) is 3.75. The minimum Gasteiger partial charge on any atom is -0.335 e. The molecule has 1 heterocycles. The van der Waals surface area contributed by atoms with E-state index in [4.69, 9.17) is 11.6 Å². The van der Waals surface area contributed by atoms with Crippen LogP contribution in [0.25, 0.3) is 0 Å². The lowest BCUT2D eigenvalue weighted by Gasteiger charge is -2.36. The number of benzene rings is 1. The van der Waals surface area contributed by atoms with Crippen molar-refractivity contribution < 1.29 is 13.2 Å². The summed E-state index contributed by atoms with van der Waals surface area (Å²) in [7, 11) is -3.36. The summed E-state index contributed by atoms with van der Waals surface area (Å²) in [5.41, 5.74) is 0.248. The van der Waals surface area contributed by atoms with Crippen molar-refractivity contribution in [2.45, 2.75) is 37.8 Å². The molecule has 1 aliphatic heterocycles. The molecule has 2 atom stereocenters. The Balaban J connectivity index is 2.35. The Labute approximate surface area is 136 Å². The average molecular weight is 345 g/mol. The zero-order valence-corrected chi connectivity index (χ0v) is 14.5. The maximum absolute atomic E-state index is 12.7. The van der Waals surface area contributed by atoms with Crippen molar-refractivity contribution in [3.8, 4) is 0 Å². The predicted molar refractivity (Wildman–Crippen MR) is 87.1 cm³/mol. The van der Waals surface area contributed by atoms with Gasteiger partial charge in [0.2, 0.25) is 0 Å². The number of sulfone groups is 1. The predicted octanol–water partition coefficient (Wildman–Crippen LogP) is 1.96. The maximum atomic E-state index is 12.7. The average Bonchev–Trinajstić information content (AvgIpc) is 2.45. The lowest BCUT2D eigenvalue weighted by atomic mass is 10.1. The summed E-state index contributed by atoms with van der Waals surface area (Å²) < 4.78 is 24.0.